The molecule has 0 aliphatic rings. The summed E-state index contributed by atoms with van der Waals surface area (Å²) in [6, 6.07) is 31.0. The fourth-order valence-electron chi connectivity index (χ4n) is 4.92. The molecule has 0 saturated carbocycles. The highest BCUT2D eigenvalue weighted by Crippen LogP contribution is 2.29. The van der Waals surface area contributed by atoms with Crippen LogP contribution < -0.4 is 21.5 Å². The van der Waals surface area contributed by atoms with Crippen LogP contribution in [0.15, 0.2) is 108 Å². The number of hydrogen-bond acceptors (Lipinski definition) is 5. The van der Waals surface area contributed by atoms with E-state index in [1.54, 1.807) is 12.1 Å². The minimum absolute atomic E-state index is 0.0228. The van der Waals surface area contributed by atoms with Crippen molar-refractivity contribution in [1.82, 2.24) is 10.3 Å². The van der Waals surface area contributed by atoms with E-state index < -0.39 is 6.10 Å². The fraction of sp³-hybridized carbons (Fsp3) is 0.152. The monoisotopic (exact) mass is 548 g/mol. The van der Waals surface area contributed by atoms with E-state index in [0.717, 1.165) is 22.4 Å². The first-order valence-electron chi connectivity index (χ1n) is 13.4. The first-order valence-corrected chi connectivity index (χ1v) is 13.4. The molecule has 41 heavy (non-hydrogen) atoms. The lowest BCUT2D eigenvalue weighted by Crippen LogP contribution is -2.32. The number of fused-ring (bicyclic) bond motifs is 1. The van der Waals surface area contributed by atoms with Crippen LogP contribution in [0, 0.1) is 0 Å². The van der Waals surface area contributed by atoms with Crippen molar-refractivity contribution in [3.05, 3.63) is 125 Å². The molecule has 208 valence electrons. The number of urea groups is 1. The number of phenols is 1. The molecule has 0 aliphatic carbocycles. The van der Waals surface area contributed by atoms with Crippen LogP contribution in [0.25, 0.3) is 22.0 Å². The number of H-pyrrole nitrogens is 1. The van der Waals surface area contributed by atoms with Crippen LogP contribution in [0.4, 0.5) is 16.2 Å². The third-order valence-electron chi connectivity index (χ3n) is 6.91. The Bertz CT molecular complexity index is 1720. The summed E-state index contributed by atoms with van der Waals surface area (Å²) in [4.78, 5) is 27.1. The average molecular weight is 549 g/mol. The highest BCUT2D eigenvalue weighted by molar-refractivity contribution is 6.02. The lowest BCUT2D eigenvalue weighted by Gasteiger charge is -2.19. The SMILES string of the molecule is CC(Cc1cccc(NC(=O)Nc2ccccc2-c2ccccc2)c1)NC[C@@H](O)c1ccc(O)c2[nH]c(=O)ccc12. The Morgan fingerprint density at radius 3 is 2.49 bits per heavy atom. The van der Waals surface area contributed by atoms with E-state index in [9.17, 15) is 19.8 Å². The number of nitrogens with one attached hydrogen (secondary N) is 4. The fourth-order valence-corrected chi connectivity index (χ4v) is 4.92. The Kier molecular flexibility index (Phi) is 8.43. The molecule has 0 aliphatic heterocycles. The maximum Gasteiger partial charge on any atom is 0.323 e. The number of para-hydroxylation sites is 1. The van der Waals surface area contributed by atoms with Gasteiger partial charge in [0.1, 0.15) is 5.75 Å². The van der Waals surface area contributed by atoms with Crippen LogP contribution in [0.1, 0.15) is 24.2 Å². The zero-order valence-corrected chi connectivity index (χ0v) is 22.6. The van der Waals surface area contributed by atoms with Crippen LogP contribution >= 0.6 is 0 Å². The van der Waals surface area contributed by atoms with Gasteiger partial charge in [-0.2, -0.15) is 0 Å². The number of anilines is 2. The predicted molar refractivity (Wildman–Crippen MR) is 163 cm³/mol. The molecule has 1 heterocycles. The summed E-state index contributed by atoms with van der Waals surface area (Å²) in [5, 5.41) is 30.8. The molecule has 0 saturated heterocycles. The Hall–Kier alpha value is -4.92. The third kappa shape index (κ3) is 6.81. The molecule has 6 N–H and O–H groups in total. The number of rotatable bonds is 9. The van der Waals surface area contributed by atoms with Crippen LogP contribution in [0.2, 0.25) is 0 Å². The molecule has 1 unspecified atom stereocenters. The van der Waals surface area contributed by atoms with Crippen LogP contribution in [-0.4, -0.2) is 33.8 Å². The van der Waals surface area contributed by atoms with Crippen molar-refractivity contribution >= 4 is 28.3 Å². The maximum atomic E-state index is 12.8. The maximum absolute atomic E-state index is 12.8. The van der Waals surface area contributed by atoms with Gasteiger partial charge in [0.25, 0.3) is 0 Å². The summed E-state index contributed by atoms with van der Waals surface area (Å²) in [7, 11) is 0. The Morgan fingerprint density at radius 2 is 1.66 bits per heavy atom. The number of carbonyl (C=O) groups is 1. The molecule has 5 aromatic rings. The number of phenolic OH excluding ortho intramolecular Hbond substituents is 1. The summed E-state index contributed by atoms with van der Waals surface area (Å²) < 4.78 is 0. The number of pyridine rings is 1. The quantitative estimate of drug-likeness (QED) is 0.139. The van der Waals surface area contributed by atoms with Gasteiger partial charge in [-0.3, -0.25) is 4.79 Å². The number of aliphatic hydroxyl groups excluding tert-OH is 1. The molecule has 1 aromatic heterocycles. The molecule has 0 spiro atoms. The van der Waals surface area contributed by atoms with Gasteiger partial charge in [-0.05, 0) is 60.4 Å². The molecule has 8 nitrogen and oxygen atoms in total. The molecule has 4 aromatic carbocycles. The normalized spacial score (nSPS) is 12.5. The largest absolute Gasteiger partial charge is 0.506 e. The average Bonchev–Trinajstić information content (AvgIpc) is 2.97. The molecule has 0 bridgehead atoms. The van der Waals surface area contributed by atoms with E-state index in [4.69, 9.17) is 0 Å². The van der Waals surface area contributed by atoms with Crippen LogP contribution in [0.5, 0.6) is 5.75 Å². The second-order valence-corrected chi connectivity index (χ2v) is 10.0. The molecule has 8 heteroatoms. The molecule has 5 rings (SSSR count). The summed E-state index contributed by atoms with van der Waals surface area (Å²) in [6.45, 7) is 2.30. The predicted octanol–water partition coefficient (Wildman–Crippen LogP) is 5.80. The van der Waals surface area contributed by atoms with Crippen molar-refractivity contribution in [2.24, 2.45) is 0 Å². The van der Waals surface area contributed by atoms with Gasteiger partial charge < -0.3 is 31.1 Å². The van der Waals surface area contributed by atoms with E-state index >= 15 is 0 Å². The van der Waals surface area contributed by atoms with Gasteiger partial charge in [-0.1, -0.05) is 66.7 Å². The van der Waals surface area contributed by atoms with Gasteiger partial charge in [0.05, 0.1) is 17.3 Å². The van der Waals surface area contributed by atoms with Gasteiger partial charge in [0.2, 0.25) is 5.56 Å². The molecule has 0 radical (unpaired) electrons. The number of aromatic hydroxyl groups is 1. The minimum Gasteiger partial charge on any atom is -0.506 e. The van der Waals surface area contributed by atoms with Gasteiger partial charge >= 0.3 is 6.03 Å². The highest BCUT2D eigenvalue weighted by Gasteiger charge is 2.15. The van der Waals surface area contributed by atoms with Crippen LogP contribution in [0.3, 0.4) is 0 Å². The van der Waals surface area contributed by atoms with Crippen molar-refractivity contribution in [2.75, 3.05) is 17.2 Å². The third-order valence-corrected chi connectivity index (χ3v) is 6.91. The van der Waals surface area contributed by atoms with Crippen molar-refractivity contribution in [2.45, 2.75) is 25.5 Å². The molecule has 0 fully saturated rings. The number of hydrogen-bond donors (Lipinski definition) is 6. The number of aromatic nitrogens is 1. The zero-order chi connectivity index (χ0) is 28.8. The zero-order valence-electron chi connectivity index (χ0n) is 22.6. The molecule has 2 amide bonds. The smallest absolute Gasteiger partial charge is 0.323 e. The number of aromatic amines is 1. The Labute approximate surface area is 237 Å². The van der Waals surface area contributed by atoms with Gasteiger partial charge in [0, 0.05) is 35.3 Å². The first-order chi connectivity index (χ1) is 19.9. The molecular formula is C33H32N4O4. The van der Waals surface area contributed by atoms with Crippen molar-refractivity contribution in [3.8, 4) is 16.9 Å². The number of amides is 2. The number of benzene rings is 4. The second-order valence-electron chi connectivity index (χ2n) is 10.0. The summed E-state index contributed by atoms with van der Waals surface area (Å²) in [5.74, 6) is -0.0439. The molecule has 2 atom stereocenters. The Balaban J connectivity index is 1.18. The summed E-state index contributed by atoms with van der Waals surface area (Å²) in [5.41, 5.74) is 4.97. The van der Waals surface area contributed by atoms with Gasteiger partial charge in [0.15, 0.2) is 0 Å². The Morgan fingerprint density at radius 1 is 0.878 bits per heavy atom. The van der Waals surface area contributed by atoms with E-state index in [1.807, 2.05) is 85.8 Å². The lowest BCUT2D eigenvalue weighted by molar-refractivity contribution is 0.172. The van der Waals surface area contributed by atoms with Gasteiger partial charge in [-0.15, -0.1) is 0 Å². The number of carbonyl (C=O) groups excluding carboxylic acids is 1. The second kappa shape index (κ2) is 12.5. The molecular weight excluding hydrogens is 516 g/mol. The van der Waals surface area contributed by atoms with E-state index in [0.29, 0.717) is 28.6 Å². The summed E-state index contributed by atoms with van der Waals surface area (Å²) >= 11 is 0. The standard InChI is InChI=1S/C33H32N4O4/c1-21(34-20-30(39)26-14-16-29(38)32-27(26)15-17-31(40)37-32)18-22-8-7-11-24(19-22)35-33(41)36-28-13-6-5-12-25(28)23-9-3-2-4-10-23/h2-17,19,21,30,34,38-39H,18,20H2,1H3,(H,37,40)(H2,35,36,41)/t21?,30-/m1/s1. The van der Waals surface area contributed by atoms with E-state index in [1.165, 1.54) is 12.1 Å². The first kappa shape index (κ1) is 27.6. The van der Waals surface area contributed by atoms with E-state index in [2.05, 4.69) is 20.9 Å². The van der Waals surface area contributed by atoms with Crippen molar-refractivity contribution in [1.29, 1.82) is 0 Å². The van der Waals surface area contributed by atoms with Gasteiger partial charge in [-0.25, -0.2) is 4.79 Å². The topological polar surface area (TPSA) is 126 Å². The van der Waals surface area contributed by atoms with Crippen molar-refractivity contribution < 1.29 is 15.0 Å². The van der Waals surface area contributed by atoms with Crippen LogP contribution in [-0.2, 0) is 6.42 Å². The summed E-state index contributed by atoms with van der Waals surface area (Å²) in [6.07, 6.45) is -0.174. The highest BCUT2D eigenvalue weighted by atomic mass is 16.3. The van der Waals surface area contributed by atoms with Crippen molar-refractivity contribution in [3.63, 3.8) is 0 Å². The number of aliphatic hydroxyl groups is 1. The lowest BCUT2D eigenvalue weighted by atomic mass is 10.0. The minimum atomic E-state index is -0.845. The van der Waals surface area contributed by atoms with E-state index in [-0.39, 0.29) is 29.9 Å².